The third-order valence-corrected chi connectivity index (χ3v) is 7.10. The van der Waals surface area contributed by atoms with Crippen molar-refractivity contribution in [2.45, 2.75) is 49.5 Å². The first kappa shape index (κ1) is 23.2. The number of hydrogen-bond donors (Lipinski definition) is 0. The van der Waals surface area contributed by atoms with Crippen LogP contribution in [0.15, 0.2) is 29.3 Å². The van der Waals surface area contributed by atoms with Crippen molar-refractivity contribution in [1.82, 2.24) is 9.88 Å². The number of carbonyl (C=O) groups excluding carboxylic acids is 2. The van der Waals surface area contributed by atoms with Crippen LogP contribution in [-0.2, 0) is 21.2 Å². The van der Waals surface area contributed by atoms with Gasteiger partial charge >= 0.3 is 6.03 Å². The van der Waals surface area contributed by atoms with Crippen LogP contribution >= 0.6 is 0 Å². The average Bonchev–Trinajstić information content (AvgIpc) is 3.03. The van der Waals surface area contributed by atoms with E-state index in [1.807, 2.05) is 6.07 Å². The second-order valence-electron chi connectivity index (χ2n) is 8.40. The van der Waals surface area contributed by atoms with Gasteiger partial charge in [-0.2, -0.15) is 0 Å². The van der Waals surface area contributed by atoms with Gasteiger partial charge in [0.2, 0.25) is 0 Å². The molecule has 1 aromatic carbocycles. The van der Waals surface area contributed by atoms with Gasteiger partial charge < -0.3 is 4.90 Å². The molecule has 11 heteroatoms. The fraction of sp³-hybridized carbons (Fsp3) is 0.409. The number of sulfone groups is 1. The van der Waals surface area contributed by atoms with Crippen molar-refractivity contribution in [2.75, 3.05) is 17.7 Å². The summed E-state index contributed by atoms with van der Waals surface area (Å²) in [6.45, 7) is -0.395. The summed E-state index contributed by atoms with van der Waals surface area (Å²) in [5.74, 6) is -5.90. The molecule has 0 radical (unpaired) electrons. The molecule has 33 heavy (non-hydrogen) atoms. The van der Waals surface area contributed by atoms with Crippen LogP contribution in [0.2, 0.25) is 0 Å². The molecule has 0 bridgehead atoms. The monoisotopic (exact) mass is 481 g/mol. The molecular weight excluding hydrogens is 459 g/mol. The zero-order valence-electron chi connectivity index (χ0n) is 17.9. The van der Waals surface area contributed by atoms with E-state index in [0.29, 0.717) is 23.1 Å². The maximum absolute atomic E-state index is 14.6. The second-order valence-corrected chi connectivity index (χ2v) is 10.4. The molecule has 1 aliphatic carbocycles. The van der Waals surface area contributed by atoms with Crippen molar-refractivity contribution < 1.29 is 31.2 Å². The first-order valence-corrected chi connectivity index (χ1v) is 12.4. The van der Waals surface area contributed by atoms with Crippen molar-refractivity contribution >= 4 is 27.5 Å². The third kappa shape index (κ3) is 4.46. The highest BCUT2D eigenvalue weighted by atomic mass is 32.2. The molecule has 2 fully saturated rings. The van der Waals surface area contributed by atoms with Gasteiger partial charge in [-0.1, -0.05) is 19.3 Å². The van der Waals surface area contributed by atoms with Gasteiger partial charge in [0.05, 0.1) is 5.69 Å². The maximum atomic E-state index is 14.6. The Morgan fingerprint density at radius 3 is 2.42 bits per heavy atom. The highest BCUT2D eigenvalue weighted by molar-refractivity contribution is 7.90. The zero-order valence-corrected chi connectivity index (χ0v) is 18.7. The predicted molar refractivity (Wildman–Crippen MR) is 113 cm³/mol. The van der Waals surface area contributed by atoms with E-state index in [-0.39, 0.29) is 6.54 Å². The van der Waals surface area contributed by atoms with Gasteiger partial charge in [-0.3, -0.25) is 9.78 Å². The lowest BCUT2D eigenvalue weighted by Gasteiger charge is -2.22. The topological polar surface area (TPSA) is 87.7 Å². The molecule has 2 aromatic rings. The molecule has 1 saturated carbocycles. The fourth-order valence-electron chi connectivity index (χ4n) is 4.41. The van der Waals surface area contributed by atoms with Crippen LogP contribution < -0.4 is 4.90 Å². The Bertz CT molecular complexity index is 1230. The van der Waals surface area contributed by atoms with Crippen LogP contribution in [0.1, 0.15) is 49.3 Å². The number of benzene rings is 1. The summed E-state index contributed by atoms with van der Waals surface area (Å²) in [7, 11) is -4.41. The van der Waals surface area contributed by atoms with Crippen molar-refractivity contribution in [2.24, 2.45) is 0 Å². The van der Waals surface area contributed by atoms with Gasteiger partial charge in [0.1, 0.15) is 17.3 Å². The molecule has 176 valence electrons. The van der Waals surface area contributed by atoms with Crippen LogP contribution in [0.5, 0.6) is 0 Å². The van der Waals surface area contributed by atoms with Crippen molar-refractivity contribution in [3.05, 3.63) is 53.1 Å². The number of anilines is 1. The summed E-state index contributed by atoms with van der Waals surface area (Å²) >= 11 is 0. The van der Waals surface area contributed by atoms with E-state index in [0.717, 1.165) is 41.8 Å². The fourth-order valence-corrected chi connectivity index (χ4v) is 5.24. The molecule has 1 aliphatic heterocycles. The number of halogens is 3. The van der Waals surface area contributed by atoms with E-state index in [4.69, 9.17) is 0 Å². The van der Waals surface area contributed by atoms with Crippen LogP contribution in [0.25, 0.3) is 0 Å². The third-order valence-electron chi connectivity index (χ3n) is 5.99. The minimum atomic E-state index is -4.41. The van der Waals surface area contributed by atoms with Gasteiger partial charge in [-0.15, -0.1) is 0 Å². The van der Waals surface area contributed by atoms with E-state index < -0.39 is 56.4 Å². The Balaban J connectivity index is 1.59. The molecule has 1 aromatic heterocycles. The summed E-state index contributed by atoms with van der Waals surface area (Å²) < 4.78 is 66.4. The number of amides is 3. The minimum Gasteiger partial charge on any atom is -0.310 e. The Kier molecular flexibility index (Phi) is 6.17. The van der Waals surface area contributed by atoms with Gasteiger partial charge in [-0.05, 0) is 30.5 Å². The van der Waals surface area contributed by atoms with E-state index in [9.17, 15) is 31.2 Å². The normalized spacial score (nSPS) is 17.8. The lowest BCUT2D eigenvalue weighted by Crippen LogP contribution is -2.34. The minimum absolute atomic E-state index is 0.0251. The summed E-state index contributed by atoms with van der Waals surface area (Å²) in [5.41, 5.74) is 0.667. The SMILES string of the molecule is CS(=O)(=O)c1c(F)cc(N2C(=O)CN(Cc3ccnc(C4CCCCC4)c3)C2=O)c(F)c1F. The van der Waals surface area contributed by atoms with Crippen molar-refractivity contribution in [1.29, 1.82) is 0 Å². The number of urea groups is 1. The van der Waals surface area contributed by atoms with E-state index in [1.54, 1.807) is 12.3 Å². The van der Waals surface area contributed by atoms with Gasteiger partial charge in [0, 0.05) is 36.7 Å². The molecule has 2 aliphatic rings. The van der Waals surface area contributed by atoms with E-state index in [2.05, 4.69) is 4.98 Å². The van der Waals surface area contributed by atoms with Crippen LogP contribution in [-0.4, -0.2) is 43.0 Å². The molecule has 4 rings (SSSR count). The highest BCUT2D eigenvalue weighted by Crippen LogP contribution is 2.34. The smallest absolute Gasteiger partial charge is 0.310 e. The Hall–Kier alpha value is -2.95. The Labute approximate surface area is 189 Å². The number of rotatable bonds is 5. The highest BCUT2D eigenvalue weighted by Gasteiger charge is 2.40. The largest absolute Gasteiger partial charge is 0.332 e. The maximum Gasteiger partial charge on any atom is 0.332 e. The standard InChI is InChI=1S/C22H22F3N3O4S/c1-33(31,32)21-15(23)10-17(19(24)20(21)25)28-18(29)12-27(22(28)30)11-13-7-8-26-16(9-13)14-5-3-2-4-6-14/h7-10,14H,2-6,11-12H2,1H3. The van der Waals surface area contributed by atoms with Crippen LogP contribution in [0.4, 0.5) is 23.7 Å². The average molecular weight is 481 g/mol. The van der Waals surface area contributed by atoms with Crippen molar-refractivity contribution in [3.63, 3.8) is 0 Å². The summed E-state index contributed by atoms with van der Waals surface area (Å²) in [6, 6.07) is 2.97. The molecule has 7 nitrogen and oxygen atoms in total. The molecule has 3 amide bonds. The first-order chi connectivity index (χ1) is 15.6. The quantitative estimate of drug-likeness (QED) is 0.477. The molecule has 0 spiro atoms. The van der Waals surface area contributed by atoms with E-state index in [1.165, 1.54) is 6.42 Å². The summed E-state index contributed by atoms with van der Waals surface area (Å²) in [5, 5.41) is 0. The zero-order chi connectivity index (χ0) is 23.9. The molecule has 0 N–H and O–H groups in total. The van der Waals surface area contributed by atoms with E-state index >= 15 is 0 Å². The summed E-state index contributed by atoms with van der Waals surface area (Å²) in [4.78, 5) is 29.8. The Morgan fingerprint density at radius 2 is 1.76 bits per heavy atom. The van der Waals surface area contributed by atoms with Gasteiger partial charge in [0.25, 0.3) is 5.91 Å². The Morgan fingerprint density at radius 1 is 1.06 bits per heavy atom. The number of aromatic nitrogens is 1. The van der Waals surface area contributed by atoms with Crippen molar-refractivity contribution in [3.8, 4) is 0 Å². The molecule has 2 heterocycles. The lowest BCUT2D eigenvalue weighted by molar-refractivity contribution is -0.116. The first-order valence-electron chi connectivity index (χ1n) is 10.5. The van der Waals surface area contributed by atoms with Gasteiger partial charge in [-0.25, -0.2) is 31.3 Å². The number of imide groups is 1. The van der Waals surface area contributed by atoms with Gasteiger partial charge in [0.15, 0.2) is 21.5 Å². The number of carbonyl (C=O) groups is 2. The molecule has 0 unspecified atom stereocenters. The summed E-state index contributed by atoms with van der Waals surface area (Å²) in [6.07, 6.45) is 7.67. The molecular formula is C22H22F3N3O4S. The molecule has 0 atom stereocenters. The molecule has 1 saturated heterocycles. The number of hydrogen-bond acceptors (Lipinski definition) is 5. The number of nitrogens with zero attached hydrogens (tertiary/aromatic N) is 3. The predicted octanol–water partition coefficient (Wildman–Crippen LogP) is 3.92. The number of pyridine rings is 1. The van der Waals surface area contributed by atoms with Crippen LogP contribution in [0, 0.1) is 17.5 Å². The lowest BCUT2D eigenvalue weighted by atomic mass is 9.86. The van der Waals surface area contributed by atoms with Crippen LogP contribution in [0.3, 0.4) is 0 Å². The second kappa shape index (κ2) is 8.77.